The van der Waals surface area contributed by atoms with Crippen LogP contribution in [0.2, 0.25) is 10.0 Å². The maximum atomic E-state index is 13.7. The molecule has 0 fully saturated rings. The molecule has 0 radical (unpaired) electrons. The minimum absolute atomic E-state index is 0.282. The Morgan fingerprint density at radius 2 is 1.74 bits per heavy atom. The van der Waals surface area contributed by atoms with Crippen molar-refractivity contribution in [2.24, 2.45) is 0 Å². The van der Waals surface area contributed by atoms with Crippen LogP contribution in [-0.2, 0) is 0 Å². The van der Waals surface area contributed by atoms with Gasteiger partial charge >= 0.3 is 6.18 Å². The van der Waals surface area contributed by atoms with Crippen molar-refractivity contribution in [1.29, 1.82) is 0 Å². The number of carbonyl (C=O) groups excluding carboxylic acids is 1. The number of nitrogens with one attached hydrogen (secondary N) is 3. The normalized spacial score (nSPS) is 12.4. The first kappa shape index (κ1) is 27.9. The Hall–Kier alpha value is -2.30. The number of thiocarbonyl (C=S) groups is 1. The lowest BCUT2D eigenvalue weighted by Crippen LogP contribution is -2.40. The van der Waals surface area contributed by atoms with Gasteiger partial charge in [0, 0.05) is 25.2 Å². The molecular formula is C22H22BCl2F4N3OS. The Morgan fingerprint density at radius 1 is 1.12 bits per heavy atom. The zero-order valence-corrected chi connectivity index (χ0v) is 20.7. The Bertz CT molecular complexity index is 1060. The number of alkyl halides is 3. The number of hydrogen-bond acceptors (Lipinski definition) is 2. The van der Waals surface area contributed by atoms with Gasteiger partial charge in [-0.1, -0.05) is 52.9 Å². The van der Waals surface area contributed by atoms with Crippen LogP contribution in [0.4, 0.5) is 17.6 Å². The van der Waals surface area contributed by atoms with Crippen LogP contribution in [-0.4, -0.2) is 44.7 Å². The lowest BCUT2D eigenvalue weighted by molar-refractivity contribution is -0.139. The largest absolute Gasteiger partial charge is 0.399 e. The molecule has 0 spiro atoms. The summed E-state index contributed by atoms with van der Waals surface area (Å²) in [6.45, 7) is 3.37. The summed E-state index contributed by atoms with van der Waals surface area (Å²) in [4.78, 5) is 12.4. The number of hydrogen-bond donors (Lipinski definition) is 3. The first-order valence-electron chi connectivity index (χ1n) is 10.2. The summed E-state index contributed by atoms with van der Waals surface area (Å²) in [5.74, 6) is -3.34. The quantitative estimate of drug-likeness (QED) is 0.158. The van der Waals surface area contributed by atoms with Crippen LogP contribution >= 0.6 is 35.4 Å². The molecule has 182 valence electrons. The molecule has 4 nitrogen and oxygen atoms in total. The van der Waals surface area contributed by atoms with Crippen molar-refractivity contribution in [3.05, 3.63) is 69.0 Å². The van der Waals surface area contributed by atoms with E-state index in [0.29, 0.717) is 41.3 Å². The number of carbonyl (C=O) groups is 1. The fourth-order valence-electron chi connectivity index (χ4n) is 3.09. The summed E-state index contributed by atoms with van der Waals surface area (Å²) in [6.07, 6.45) is -2.43. The topological polar surface area (TPSA) is 53.2 Å². The monoisotopic (exact) mass is 533 g/mol. The third kappa shape index (κ3) is 7.89. The Balaban J connectivity index is 2.12. The van der Waals surface area contributed by atoms with Crippen molar-refractivity contribution >= 4 is 65.8 Å². The van der Waals surface area contributed by atoms with Crippen LogP contribution in [0.3, 0.4) is 0 Å². The molecule has 1 amide bonds. The highest BCUT2D eigenvalue weighted by atomic mass is 35.5. The van der Waals surface area contributed by atoms with Crippen molar-refractivity contribution < 1.29 is 22.4 Å². The summed E-state index contributed by atoms with van der Waals surface area (Å²) in [5.41, 5.74) is 1.17. The van der Waals surface area contributed by atoms with Crippen molar-refractivity contribution in [1.82, 2.24) is 16.0 Å². The van der Waals surface area contributed by atoms with Crippen LogP contribution in [0.15, 0.2) is 36.4 Å². The standard InChI is InChI=1S/C22H22BCl2F4N3OS/c1-2-30-21(34)32-8-7-31-20(33)14-5-3-12(9-16(14)23)4-6-15(22(27,28)29)13-10-17(24)19(26)18(25)11-13/h3-6,9-11,15H,2,7-8,23H2,1H3,(H,31,33)(H2,30,32,34)/b6-4+. The SMILES string of the molecule is Bc1cc(/C=C/C(c2cc(Cl)c(F)c(Cl)c2)C(F)(F)F)ccc1C(=O)NCCNC(=S)NCC. The van der Waals surface area contributed by atoms with E-state index in [1.165, 1.54) is 18.2 Å². The number of halogens is 6. The lowest BCUT2D eigenvalue weighted by Gasteiger charge is -2.18. The summed E-state index contributed by atoms with van der Waals surface area (Å²) in [7, 11) is 1.69. The minimum Gasteiger partial charge on any atom is -0.363 e. The zero-order valence-electron chi connectivity index (χ0n) is 18.3. The van der Waals surface area contributed by atoms with Gasteiger partial charge in [0.2, 0.25) is 0 Å². The molecule has 1 unspecified atom stereocenters. The molecule has 1 atom stereocenters. The van der Waals surface area contributed by atoms with Crippen LogP contribution in [0.1, 0.15) is 34.3 Å². The highest BCUT2D eigenvalue weighted by Crippen LogP contribution is 2.39. The molecule has 2 rings (SSSR count). The van der Waals surface area contributed by atoms with Gasteiger partial charge in [-0.25, -0.2) is 4.39 Å². The van der Waals surface area contributed by atoms with E-state index in [-0.39, 0.29) is 11.5 Å². The van der Waals surface area contributed by atoms with Gasteiger partial charge in [0.05, 0.1) is 16.0 Å². The molecule has 0 aliphatic rings. The maximum Gasteiger partial charge on any atom is 0.399 e. The molecule has 34 heavy (non-hydrogen) atoms. The van der Waals surface area contributed by atoms with Crippen LogP contribution in [0.25, 0.3) is 6.08 Å². The summed E-state index contributed by atoms with van der Waals surface area (Å²) < 4.78 is 54.6. The molecule has 0 bridgehead atoms. The van der Waals surface area contributed by atoms with E-state index in [1.54, 1.807) is 13.9 Å². The molecule has 2 aromatic carbocycles. The highest BCUT2D eigenvalue weighted by molar-refractivity contribution is 7.80. The van der Waals surface area contributed by atoms with E-state index in [2.05, 4.69) is 16.0 Å². The predicted molar refractivity (Wildman–Crippen MR) is 135 cm³/mol. The molecule has 0 aliphatic heterocycles. The lowest BCUT2D eigenvalue weighted by atomic mass is 9.88. The molecule has 0 aliphatic carbocycles. The van der Waals surface area contributed by atoms with Crippen molar-refractivity contribution in [2.75, 3.05) is 19.6 Å². The fourth-order valence-corrected chi connectivity index (χ4v) is 3.84. The third-order valence-electron chi connectivity index (χ3n) is 4.73. The van der Waals surface area contributed by atoms with Crippen molar-refractivity contribution in [2.45, 2.75) is 19.0 Å². The summed E-state index contributed by atoms with van der Waals surface area (Å²) in [6, 6.07) is 6.49. The highest BCUT2D eigenvalue weighted by Gasteiger charge is 2.39. The van der Waals surface area contributed by atoms with Crippen LogP contribution < -0.4 is 21.4 Å². The maximum absolute atomic E-state index is 13.7. The van der Waals surface area contributed by atoms with Crippen LogP contribution in [0, 0.1) is 5.82 Å². The number of rotatable bonds is 8. The van der Waals surface area contributed by atoms with E-state index in [4.69, 9.17) is 35.4 Å². The molecule has 3 N–H and O–H groups in total. The first-order valence-corrected chi connectivity index (χ1v) is 11.4. The zero-order chi connectivity index (χ0) is 25.5. The molecule has 0 aromatic heterocycles. The van der Waals surface area contributed by atoms with E-state index >= 15 is 0 Å². The van der Waals surface area contributed by atoms with Gasteiger partial charge in [0.15, 0.2) is 10.9 Å². The van der Waals surface area contributed by atoms with E-state index in [0.717, 1.165) is 18.2 Å². The van der Waals surface area contributed by atoms with Gasteiger partial charge in [0.25, 0.3) is 5.91 Å². The van der Waals surface area contributed by atoms with Gasteiger partial charge in [-0.05, 0) is 48.5 Å². The second-order valence-corrected chi connectivity index (χ2v) is 8.52. The van der Waals surface area contributed by atoms with E-state index < -0.39 is 28.0 Å². The van der Waals surface area contributed by atoms with Gasteiger partial charge in [0.1, 0.15) is 7.85 Å². The Morgan fingerprint density at radius 3 is 2.29 bits per heavy atom. The number of amides is 1. The number of benzene rings is 2. The second kappa shape index (κ2) is 12.4. The molecular weight excluding hydrogens is 512 g/mol. The van der Waals surface area contributed by atoms with Gasteiger partial charge in [-0.15, -0.1) is 0 Å². The summed E-state index contributed by atoms with van der Waals surface area (Å²) >= 11 is 16.4. The average Bonchev–Trinajstić information content (AvgIpc) is 2.74. The Kier molecular flexibility index (Phi) is 10.2. The average molecular weight is 534 g/mol. The van der Waals surface area contributed by atoms with Crippen molar-refractivity contribution in [3.8, 4) is 0 Å². The predicted octanol–water partition coefficient (Wildman–Crippen LogP) is 3.96. The first-order chi connectivity index (χ1) is 15.9. The second-order valence-electron chi connectivity index (χ2n) is 7.29. The van der Waals surface area contributed by atoms with Crippen LogP contribution in [0.5, 0.6) is 0 Å². The Labute approximate surface area is 211 Å². The van der Waals surface area contributed by atoms with E-state index in [1.807, 2.05) is 6.92 Å². The third-order valence-corrected chi connectivity index (χ3v) is 5.57. The van der Waals surface area contributed by atoms with Gasteiger partial charge < -0.3 is 16.0 Å². The van der Waals surface area contributed by atoms with Gasteiger partial charge in [-0.2, -0.15) is 13.2 Å². The molecule has 0 heterocycles. The van der Waals surface area contributed by atoms with E-state index in [9.17, 15) is 22.4 Å². The minimum atomic E-state index is -4.65. The molecule has 2 aromatic rings. The molecule has 12 heteroatoms. The van der Waals surface area contributed by atoms with Crippen molar-refractivity contribution in [3.63, 3.8) is 0 Å². The smallest absolute Gasteiger partial charge is 0.363 e. The summed E-state index contributed by atoms with van der Waals surface area (Å²) in [5, 5.41) is 8.14. The van der Waals surface area contributed by atoms with Gasteiger partial charge in [-0.3, -0.25) is 4.79 Å². The fraction of sp³-hybridized carbons (Fsp3) is 0.273. The number of allylic oxidation sites excluding steroid dienone is 1. The molecule has 0 saturated heterocycles. The molecule has 0 saturated carbocycles.